The summed E-state index contributed by atoms with van der Waals surface area (Å²) in [5, 5.41) is 2.86. The molecular formula is C32H38FN5O4. The van der Waals surface area contributed by atoms with Crippen molar-refractivity contribution in [1.82, 2.24) is 19.9 Å². The fourth-order valence-electron chi connectivity index (χ4n) is 4.82. The van der Waals surface area contributed by atoms with Gasteiger partial charge in [0, 0.05) is 5.56 Å². The summed E-state index contributed by atoms with van der Waals surface area (Å²) in [5.74, 6) is -0.852. The molecule has 4 aromatic rings. The van der Waals surface area contributed by atoms with Gasteiger partial charge in [-0.05, 0) is 55.0 Å². The molecule has 9 nitrogen and oxygen atoms in total. The number of nitrogens with two attached hydrogens (primary N) is 1. The number of rotatable bonds is 6. The first-order valence-corrected chi connectivity index (χ1v) is 14.4. The van der Waals surface area contributed by atoms with E-state index in [1.54, 1.807) is 18.2 Å². The quantitative estimate of drug-likeness (QED) is 0.299. The van der Waals surface area contributed by atoms with Gasteiger partial charge in [-0.3, -0.25) is 24.1 Å². The van der Waals surface area contributed by atoms with E-state index in [-0.39, 0.29) is 35.6 Å². The average Bonchev–Trinajstić information content (AvgIpc) is 3.60. The number of aromatic nitrogens is 3. The lowest BCUT2D eigenvalue weighted by molar-refractivity contribution is 0.0958. The van der Waals surface area contributed by atoms with Crippen molar-refractivity contribution in [1.29, 1.82) is 0 Å². The molecule has 1 aliphatic heterocycles. The zero-order valence-corrected chi connectivity index (χ0v) is 25.0. The first-order chi connectivity index (χ1) is 20.0. The van der Waals surface area contributed by atoms with Crippen LogP contribution in [-0.4, -0.2) is 26.3 Å². The molecule has 2 aliphatic rings. The van der Waals surface area contributed by atoms with Crippen molar-refractivity contribution in [2.24, 2.45) is 17.6 Å². The van der Waals surface area contributed by atoms with E-state index in [9.17, 15) is 18.8 Å². The summed E-state index contributed by atoms with van der Waals surface area (Å²) >= 11 is 0. The second-order valence-electron chi connectivity index (χ2n) is 11.0. The number of oxazole rings is 1. The fraction of sp³-hybridized carbons (Fsp3) is 0.406. The molecule has 2 amide bonds. The van der Waals surface area contributed by atoms with Crippen molar-refractivity contribution in [2.45, 2.75) is 73.4 Å². The first kappa shape index (κ1) is 30.6. The summed E-state index contributed by atoms with van der Waals surface area (Å²) in [7, 11) is 0. The predicted molar refractivity (Wildman–Crippen MR) is 160 cm³/mol. The molecule has 1 unspecified atom stereocenters. The van der Waals surface area contributed by atoms with Gasteiger partial charge in [0.05, 0.1) is 52.5 Å². The summed E-state index contributed by atoms with van der Waals surface area (Å²) in [4.78, 5) is 46.9. The van der Waals surface area contributed by atoms with Crippen molar-refractivity contribution < 1.29 is 18.4 Å². The van der Waals surface area contributed by atoms with Crippen LogP contribution < -0.4 is 16.8 Å². The molecule has 0 saturated heterocycles. The predicted octanol–water partition coefficient (Wildman–Crippen LogP) is 5.78. The largest absolute Gasteiger partial charge is 0.420 e. The third-order valence-corrected chi connectivity index (χ3v) is 7.06. The molecule has 0 spiro atoms. The van der Waals surface area contributed by atoms with Gasteiger partial charge in [-0.1, -0.05) is 53.5 Å². The molecule has 1 aromatic carbocycles. The van der Waals surface area contributed by atoms with Gasteiger partial charge in [-0.25, -0.2) is 9.18 Å². The van der Waals surface area contributed by atoms with E-state index in [0.717, 1.165) is 12.1 Å². The van der Waals surface area contributed by atoms with Crippen LogP contribution >= 0.6 is 0 Å². The zero-order chi connectivity index (χ0) is 30.7. The lowest BCUT2D eigenvalue weighted by Crippen LogP contribution is -2.20. The Morgan fingerprint density at radius 1 is 1.14 bits per heavy atom. The molecular weight excluding hydrogens is 537 g/mol. The van der Waals surface area contributed by atoms with E-state index in [1.165, 1.54) is 29.5 Å². The number of primary amides is 1. The number of carbonyl (C=O) groups is 2. The Balaban J connectivity index is 0.000000612. The van der Waals surface area contributed by atoms with E-state index in [1.807, 2.05) is 34.6 Å². The Morgan fingerprint density at radius 2 is 1.83 bits per heavy atom. The molecule has 42 heavy (non-hydrogen) atoms. The number of nitrogens with one attached hydrogen (secondary N) is 1. The smallest absolute Gasteiger partial charge is 0.408 e. The molecule has 1 atom stereocenters. The zero-order valence-electron chi connectivity index (χ0n) is 25.0. The molecule has 222 valence electrons. The minimum Gasteiger partial charge on any atom is -0.408 e. The van der Waals surface area contributed by atoms with Crippen LogP contribution in [0, 0.1) is 17.7 Å². The lowest BCUT2D eigenvalue weighted by Gasteiger charge is -2.17. The molecule has 0 radical (unpaired) electrons. The van der Waals surface area contributed by atoms with E-state index in [0.29, 0.717) is 45.7 Å². The second kappa shape index (κ2) is 12.7. The van der Waals surface area contributed by atoms with Gasteiger partial charge in [-0.15, -0.1) is 0 Å². The van der Waals surface area contributed by atoms with Crippen molar-refractivity contribution in [3.63, 3.8) is 0 Å². The molecule has 1 fully saturated rings. The van der Waals surface area contributed by atoms with E-state index in [4.69, 9.17) is 10.2 Å². The Morgan fingerprint density at radius 3 is 2.40 bits per heavy atom. The first-order valence-electron chi connectivity index (χ1n) is 14.4. The number of fused-ring (bicyclic) bond motifs is 2. The van der Waals surface area contributed by atoms with Crippen LogP contribution in [-0.2, 0) is 13.0 Å². The summed E-state index contributed by atoms with van der Waals surface area (Å²) in [6.07, 6.45) is 4.55. The highest BCUT2D eigenvalue weighted by molar-refractivity contribution is 6.11. The molecule has 1 aliphatic carbocycles. The fourth-order valence-corrected chi connectivity index (χ4v) is 4.82. The monoisotopic (exact) mass is 575 g/mol. The van der Waals surface area contributed by atoms with E-state index < -0.39 is 17.5 Å². The highest BCUT2D eigenvalue weighted by atomic mass is 19.1. The lowest BCUT2D eigenvalue weighted by atomic mass is 9.89. The van der Waals surface area contributed by atoms with Gasteiger partial charge in [0.15, 0.2) is 5.58 Å². The summed E-state index contributed by atoms with van der Waals surface area (Å²) < 4.78 is 20.1. The van der Waals surface area contributed by atoms with Crippen molar-refractivity contribution in [3.05, 3.63) is 81.1 Å². The van der Waals surface area contributed by atoms with Crippen LogP contribution in [0.4, 0.5) is 4.39 Å². The Bertz CT molecular complexity index is 1670. The Kier molecular flexibility index (Phi) is 9.23. The maximum absolute atomic E-state index is 13.2. The molecule has 10 heteroatoms. The molecule has 3 aromatic heterocycles. The van der Waals surface area contributed by atoms with Gasteiger partial charge in [0.1, 0.15) is 5.82 Å². The number of amides is 2. The maximum atomic E-state index is 13.2. The number of hydrogen-bond acceptors (Lipinski definition) is 6. The molecule has 0 bridgehead atoms. The van der Waals surface area contributed by atoms with Gasteiger partial charge in [0.2, 0.25) is 0 Å². The number of benzene rings is 1. The Labute approximate surface area is 244 Å². The van der Waals surface area contributed by atoms with Crippen LogP contribution in [0.5, 0.6) is 0 Å². The van der Waals surface area contributed by atoms with Crippen molar-refractivity contribution in [2.75, 3.05) is 0 Å². The van der Waals surface area contributed by atoms with Crippen molar-refractivity contribution >= 4 is 22.9 Å². The second-order valence-corrected chi connectivity index (χ2v) is 11.0. The molecule has 3 N–H and O–H groups in total. The summed E-state index contributed by atoms with van der Waals surface area (Å²) in [6, 6.07) is 7.43. The maximum Gasteiger partial charge on any atom is 0.420 e. The number of hydrogen-bond donors (Lipinski definition) is 2. The number of halogens is 1. The molecule has 4 heterocycles. The minimum absolute atomic E-state index is 0.0844. The topological polar surface area (TPSA) is 133 Å². The highest BCUT2D eigenvalue weighted by Crippen LogP contribution is 2.38. The van der Waals surface area contributed by atoms with Gasteiger partial charge in [-0.2, -0.15) is 0 Å². The van der Waals surface area contributed by atoms with Crippen LogP contribution in [0.3, 0.4) is 0 Å². The molecule has 1 saturated carbocycles. The van der Waals surface area contributed by atoms with Crippen LogP contribution in [0.15, 0.2) is 45.7 Å². The van der Waals surface area contributed by atoms with E-state index in [2.05, 4.69) is 22.2 Å². The number of carbonyl (C=O) groups excluding carboxylic acids is 2. The third kappa shape index (κ3) is 6.42. The van der Waals surface area contributed by atoms with Crippen LogP contribution in [0.2, 0.25) is 0 Å². The summed E-state index contributed by atoms with van der Waals surface area (Å²) in [6.45, 7) is 12.2. The Hall–Kier alpha value is -4.34. The average molecular weight is 576 g/mol. The minimum atomic E-state index is -0.690. The van der Waals surface area contributed by atoms with Crippen LogP contribution in [0.1, 0.15) is 98.2 Å². The number of nitrogens with zero attached hydrogens (tertiary/aromatic N) is 3. The van der Waals surface area contributed by atoms with Crippen LogP contribution in [0.25, 0.3) is 22.2 Å². The number of pyridine rings is 2. The van der Waals surface area contributed by atoms with Crippen molar-refractivity contribution in [3.8, 4) is 11.1 Å². The highest BCUT2D eigenvalue weighted by Gasteiger charge is 2.35. The van der Waals surface area contributed by atoms with Gasteiger partial charge < -0.3 is 15.5 Å². The SMILES string of the molecule is CC.CC(C)Cc1nc2c(c(-c3ccc4c(c3)oc(=O)n4Cc3ccc(F)cn3)c1C(N)=O)C(=O)NC2C.CC1CC1. The normalized spacial score (nSPS) is 15.4. The molecule has 6 rings (SSSR count). The van der Waals surface area contributed by atoms with Gasteiger partial charge in [0.25, 0.3) is 11.8 Å². The van der Waals surface area contributed by atoms with E-state index >= 15 is 0 Å². The third-order valence-electron chi connectivity index (χ3n) is 7.06. The van der Waals surface area contributed by atoms with Gasteiger partial charge >= 0.3 is 5.76 Å². The standard InChI is InChI=1S/C26H24FN5O4.C4H8.C2H6/c1-12(2)8-17-21(24(28)33)20(22-23(31-17)13(3)30-25(22)34)14-4-7-18-19(9-14)36-26(35)32(18)11-16-6-5-15(27)10-29-16;1-4-2-3-4;1-2/h4-7,9-10,12-13H,8,11H2,1-3H3,(H2,28,33)(H,30,34);4H,2-3H2,1H3;1-2H3. The summed E-state index contributed by atoms with van der Waals surface area (Å²) in [5.41, 5.74) is 9.49.